The molecule has 0 heterocycles. The second-order valence-electron chi connectivity index (χ2n) is 5.36. The second kappa shape index (κ2) is 10.5. The Morgan fingerprint density at radius 1 is 1.13 bits per heavy atom. The summed E-state index contributed by atoms with van der Waals surface area (Å²) < 4.78 is 9.88. The van der Waals surface area contributed by atoms with Crippen molar-refractivity contribution in [2.45, 2.75) is 52.4 Å². The number of esters is 1. The van der Waals surface area contributed by atoms with Gasteiger partial charge in [-0.05, 0) is 24.6 Å². The molecule has 0 aliphatic rings. The maximum Gasteiger partial charge on any atom is 0.305 e. The zero-order valence-corrected chi connectivity index (χ0v) is 13.8. The van der Waals surface area contributed by atoms with Crippen LogP contribution in [-0.2, 0) is 9.53 Å². The molecule has 0 N–H and O–H groups in total. The normalized spacial score (nSPS) is 10.2. The minimum Gasteiger partial charge on any atom is -0.457 e. The first-order valence-electron chi connectivity index (χ1n) is 7.97. The number of rotatable bonds is 11. The van der Waals surface area contributed by atoms with E-state index in [-0.39, 0.29) is 18.1 Å². The van der Waals surface area contributed by atoms with Crippen LogP contribution in [-0.4, -0.2) is 24.8 Å². The van der Waals surface area contributed by atoms with E-state index in [0.29, 0.717) is 24.0 Å². The number of aldehydes is 1. The molecule has 0 radical (unpaired) electrons. The number of Topliss-reactive ketones (excluding diaryl/α,β-unsaturated/α-hetero) is 1. The highest BCUT2D eigenvalue weighted by molar-refractivity contribution is 5.98. The van der Waals surface area contributed by atoms with Gasteiger partial charge in [0.1, 0.15) is 5.75 Å². The summed E-state index contributed by atoms with van der Waals surface area (Å²) in [6, 6.07) is 4.70. The van der Waals surface area contributed by atoms with Crippen LogP contribution in [0.4, 0.5) is 0 Å². The summed E-state index contributed by atoms with van der Waals surface area (Å²) >= 11 is 0. The number of benzene rings is 1. The zero-order valence-electron chi connectivity index (χ0n) is 13.8. The molecule has 1 rings (SSSR count). The van der Waals surface area contributed by atoms with Crippen molar-refractivity contribution in [3.05, 3.63) is 29.3 Å². The number of ketones is 1. The first kappa shape index (κ1) is 18.9. The van der Waals surface area contributed by atoms with Crippen molar-refractivity contribution >= 4 is 18.0 Å². The number of ether oxygens (including phenoxy) is 2. The largest absolute Gasteiger partial charge is 0.457 e. The Hall–Kier alpha value is -2.17. The van der Waals surface area contributed by atoms with Crippen molar-refractivity contribution in [1.29, 1.82) is 0 Å². The van der Waals surface area contributed by atoms with Crippen LogP contribution in [0, 0.1) is 0 Å². The van der Waals surface area contributed by atoms with Crippen LogP contribution < -0.4 is 4.74 Å². The van der Waals surface area contributed by atoms with Crippen molar-refractivity contribution in [2.75, 3.05) is 6.79 Å². The molecular weight excluding hydrogens is 296 g/mol. The molecule has 0 bridgehead atoms. The van der Waals surface area contributed by atoms with Gasteiger partial charge in [-0.2, -0.15) is 0 Å². The summed E-state index contributed by atoms with van der Waals surface area (Å²) in [5.41, 5.74) is 0.774. The fourth-order valence-electron chi connectivity index (χ4n) is 2.15. The molecule has 126 valence electrons. The van der Waals surface area contributed by atoms with Gasteiger partial charge in [0.15, 0.2) is 12.1 Å². The number of carbonyl (C=O) groups excluding carboxylic acids is 3. The summed E-state index contributed by atoms with van der Waals surface area (Å²) in [6.07, 6.45) is 6.52. The van der Waals surface area contributed by atoms with E-state index in [4.69, 9.17) is 4.74 Å². The van der Waals surface area contributed by atoms with E-state index in [1.165, 1.54) is 25.8 Å². The van der Waals surface area contributed by atoms with Gasteiger partial charge in [0.25, 0.3) is 0 Å². The lowest BCUT2D eigenvalue weighted by molar-refractivity contribution is -0.147. The molecule has 0 aliphatic heterocycles. The van der Waals surface area contributed by atoms with Gasteiger partial charge in [-0.25, -0.2) is 0 Å². The Labute approximate surface area is 137 Å². The van der Waals surface area contributed by atoms with Gasteiger partial charge in [-0.3, -0.25) is 14.4 Å². The van der Waals surface area contributed by atoms with Gasteiger partial charge < -0.3 is 9.47 Å². The number of unbranched alkanes of at least 4 members (excludes halogenated alkanes) is 4. The quantitative estimate of drug-likeness (QED) is 0.203. The van der Waals surface area contributed by atoms with E-state index in [1.807, 2.05) is 0 Å². The van der Waals surface area contributed by atoms with Gasteiger partial charge in [-0.15, -0.1) is 0 Å². The van der Waals surface area contributed by atoms with E-state index in [2.05, 4.69) is 11.7 Å². The van der Waals surface area contributed by atoms with Crippen molar-refractivity contribution in [2.24, 2.45) is 0 Å². The molecule has 0 aliphatic carbocycles. The van der Waals surface area contributed by atoms with Crippen LogP contribution in [0.3, 0.4) is 0 Å². The smallest absolute Gasteiger partial charge is 0.305 e. The molecule has 5 nitrogen and oxygen atoms in total. The van der Waals surface area contributed by atoms with Crippen LogP contribution in [0.5, 0.6) is 5.75 Å². The average molecular weight is 320 g/mol. The lowest BCUT2D eigenvalue weighted by Gasteiger charge is -2.09. The Kier molecular flexibility index (Phi) is 8.65. The highest BCUT2D eigenvalue weighted by Gasteiger charge is 2.10. The molecule has 0 unspecified atom stereocenters. The van der Waals surface area contributed by atoms with Crippen LogP contribution in [0.15, 0.2) is 18.2 Å². The predicted octanol–water partition coefficient (Wildman–Crippen LogP) is 3.94. The molecule has 1 aromatic rings. The summed E-state index contributed by atoms with van der Waals surface area (Å²) in [5, 5.41) is 0. The van der Waals surface area contributed by atoms with Crippen molar-refractivity contribution in [3.63, 3.8) is 0 Å². The zero-order chi connectivity index (χ0) is 17.1. The van der Waals surface area contributed by atoms with E-state index in [9.17, 15) is 14.4 Å². The molecule has 0 amide bonds. The highest BCUT2D eigenvalue weighted by atomic mass is 16.7. The molecule has 0 aromatic heterocycles. The molecule has 0 saturated carbocycles. The standard InChI is InChI=1S/C18H24O5/c1-3-4-5-6-7-8-17(21)15-9-10-18(16(11-15)12-19)23-13-22-14(2)20/h9-12H,3-8,13H2,1-2H3. The molecule has 0 atom stereocenters. The maximum absolute atomic E-state index is 12.1. The van der Waals surface area contributed by atoms with Crippen LogP contribution in [0.2, 0.25) is 0 Å². The van der Waals surface area contributed by atoms with Gasteiger partial charge >= 0.3 is 5.97 Å². The lowest BCUT2D eigenvalue weighted by Crippen LogP contribution is -2.08. The van der Waals surface area contributed by atoms with Crippen molar-refractivity contribution in [3.8, 4) is 5.75 Å². The monoisotopic (exact) mass is 320 g/mol. The third-order valence-electron chi connectivity index (χ3n) is 3.44. The predicted molar refractivity (Wildman–Crippen MR) is 86.8 cm³/mol. The van der Waals surface area contributed by atoms with E-state index in [1.54, 1.807) is 12.1 Å². The van der Waals surface area contributed by atoms with E-state index < -0.39 is 5.97 Å². The number of hydrogen-bond acceptors (Lipinski definition) is 5. The fraction of sp³-hybridized carbons (Fsp3) is 0.500. The fourth-order valence-corrected chi connectivity index (χ4v) is 2.15. The average Bonchev–Trinajstić information content (AvgIpc) is 2.54. The van der Waals surface area contributed by atoms with Gasteiger partial charge in [0.2, 0.25) is 6.79 Å². The highest BCUT2D eigenvalue weighted by Crippen LogP contribution is 2.20. The third-order valence-corrected chi connectivity index (χ3v) is 3.44. The molecule has 0 saturated heterocycles. The summed E-state index contributed by atoms with van der Waals surface area (Å²) in [6.45, 7) is 3.16. The number of hydrogen-bond donors (Lipinski definition) is 0. The SMILES string of the molecule is CCCCCCCC(=O)c1ccc(OCOC(C)=O)c(C=O)c1. The second-order valence-corrected chi connectivity index (χ2v) is 5.36. The van der Waals surface area contributed by atoms with E-state index in [0.717, 1.165) is 19.3 Å². The molecule has 1 aromatic carbocycles. The number of carbonyl (C=O) groups is 3. The minimum absolute atomic E-state index is 0.0242. The third kappa shape index (κ3) is 7.08. The van der Waals surface area contributed by atoms with Gasteiger partial charge in [0.05, 0.1) is 5.56 Å². The maximum atomic E-state index is 12.1. The van der Waals surface area contributed by atoms with E-state index >= 15 is 0 Å². The Morgan fingerprint density at radius 2 is 1.87 bits per heavy atom. The summed E-state index contributed by atoms with van der Waals surface area (Å²) in [5.74, 6) is -0.149. The van der Waals surface area contributed by atoms with Gasteiger partial charge in [0, 0.05) is 18.9 Å². The first-order valence-corrected chi connectivity index (χ1v) is 7.97. The molecule has 0 spiro atoms. The molecule has 0 fully saturated rings. The van der Waals surface area contributed by atoms with Gasteiger partial charge in [-0.1, -0.05) is 32.6 Å². The Balaban J connectivity index is 2.58. The summed E-state index contributed by atoms with van der Waals surface area (Å²) in [7, 11) is 0. The van der Waals surface area contributed by atoms with Crippen LogP contribution >= 0.6 is 0 Å². The molecule has 23 heavy (non-hydrogen) atoms. The lowest BCUT2D eigenvalue weighted by atomic mass is 10.0. The van der Waals surface area contributed by atoms with Crippen molar-refractivity contribution in [1.82, 2.24) is 0 Å². The molecular formula is C18H24O5. The topological polar surface area (TPSA) is 69.7 Å². The Bertz CT molecular complexity index is 536. The minimum atomic E-state index is -0.465. The Morgan fingerprint density at radius 3 is 2.52 bits per heavy atom. The first-order chi connectivity index (χ1) is 11.1. The van der Waals surface area contributed by atoms with Crippen LogP contribution in [0.25, 0.3) is 0 Å². The van der Waals surface area contributed by atoms with Crippen LogP contribution in [0.1, 0.15) is 73.1 Å². The van der Waals surface area contributed by atoms with Crippen molar-refractivity contribution < 1.29 is 23.9 Å². The summed E-state index contributed by atoms with van der Waals surface area (Å²) in [4.78, 5) is 33.9. The molecule has 5 heteroatoms.